The van der Waals surface area contributed by atoms with E-state index in [0.29, 0.717) is 18.0 Å². The van der Waals surface area contributed by atoms with Gasteiger partial charge < -0.3 is 14.2 Å². The smallest absolute Gasteiger partial charge is 0.273 e. The summed E-state index contributed by atoms with van der Waals surface area (Å²) in [6, 6.07) is 19.3. The van der Waals surface area contributed by atoms with Crippen molar-refractivity contribution in [2.24, 2.45) is 0 Å². The Morgan fingerprint density at radius 1 is 1.06 bits per heavy atom. The Morgan fingerprint density at radius 3 is 2.75 bits per heavy atom. The zero-order valence-corrected chi connectivity index (χ0v) is 18.0. The number of rotatable bonds is 4. The molecule has 1 unspecified atom stereocenters. The van der Waals surface area contributed by atoms with Crippen LogP contribution in [0.2, 0.25) is 0 Å². The van der Waals surface area contributed by atoms with Crippen molar-refractivity contribution in [3.63, 3.8) is 0 Å². The van der Waals surface area contributed by atoms with Crippen LogP contribution in [0.1, 0.15) is 48.0 Å². The molecule has 0 spiro atoms. The van der Waals surface area contributed by atoms with Crippen molar-refractivity contribution in [1.29, 1.82) is 0 Å². The van der Waals surface area contributed by atoms with E-state index < -0.39 is 0 Å². The second-order valence-corrected chi connectivity index (χ2v) is 8.09. The van der Waals surface area contributed by atoms with Gasteiger partial charge in [0.15, 0.2) is 5.76 Å². The summed E-state index contributed by atoms with van der Waals surface area (Å²) in [7, 11) is 1.64. The normalized spacial score (nSPS) is 16.7. The average molecular weight is 428 g/mol. The highest BCUT2D eigenvalue weighted by atomic mass is 16.5. The first kappa shape index (κ1) is 20.2. The Balaban J connectivity index is 1.48. The molecule has 2 aromatic heterocycles. The van der Waals surface area contributed by atoms with Crippen molar-refractivity contribution in [2.75, 3.05) is 13.7 Å². The van der Waals surface area contributed by atoms with Crippen LogP contribution in [0, 0.1) is 0 Å². The Hall–Kier alpha value is -3.67. The van der Waals surface area contributed by atoms with E-state index >= 15 is 0 Å². The third-order valence-electron chi connectivity index (χ3n) is 6.13. The molecule has 3 heterocycles. The molecule has 6 heteroatoms. The predicted molar refractivity (Wildman–Crippen MR) is 122 cm³/mol. The standard InChI is InChI=1S/C26H25N3O3/c1-31-20-12-10-19(11-13-20)22-17-24(32-28-22)23-9-3-2-6-16-29(23)26(30)25-21-8-5-4-7-18(21)14-15-27-25/h4-5,7-8,10-15,17,23H,2-3,6,9,16H2,1H3. The van der Waals surface area contributed by atoms with Gasteiger partial charge in [-0.2, -0.15) is 0 Å². The molecule has 1 aliphatic heterocycles. The number of hydrogen-bond donors (Lipinski definition) is 0. The number of pyridine rings is 1. The minimum Gasteiger partial charge on any atom is -0.497 e. The second-order valence-electron chi connectivity index (χ2n) is 8.09. The highest BCUT2D eigenvalue weighted by molar-refractivity contribution is 6.05. The molecule has 1 amide bonds. The van der Waals surface area contributed by atoms with Gasteiger partial charge in [0, 0.05) is 29.8 Å². The Morgan fingerprint density at radius 2 is 1.91 bits per heavy atom. The number of benzene rings is 2. The topological polar surface area (TPSA) is 68.5 Å². The maximum absolute atomic E-state index is 13.7. The van der Waals surface area contributed by atoms with E-state index in [1.807, 2.05) is 65.6 Å². The molecule has 0 radical (unpaired) electrons. The summed E-state index contributed by atoms with van der Waals surface area (Å²) in [5.41, 5.74) is 2.19. The summed E-state index contributed by atoms with van der Waals surface area (Å²) in [6.07, 6.45) is 5.64. The van der Waals surface area contributed by atoms with Gasteiger partial charge in [0.25, 0.3) is 5.91 Å². The molecular weight excluding hydrogens is 402 g/mol. The van der Waals surface area contributed by atoms with E-state index in [2.05, 4.69) is 10.1 Å². The van der Waals surface area contributed by atoms with Gasteiger partial charge in [0.2, 0.25) is 0 Å². The number of fused-ring (bicyclic) bond motifs is 1. The minimum atomic E-state index is -0.162. The third kappa shape index (κ3) is 3.84. The molecule has 32 heavy (non-hydrogen) atoms. The predicted octanol–water partition coefficient (Wildman–Crippen LogP) is 5.66. The van der Waals surface area contributed by atoms with Crippen molar-refractivity contribution in [2.45, 2.75) is 31.7 Å². The van der Waals surface area contributed by atoms with Crippen LogP contribution in [0.15, 0.2) is 71.4 Å². The van der Waals surface area contributed by atoms with E-state index in [4.69, 9.17) is 9.26 Å². The van der Waals surface area contributed by atoms with Crippen LogP contribution in [0.5, 0.6) is 5.75 Å². The van der Waals surface area contributed by atoms with Gasteiger partial charge in [-0.25, -0.2) is 0 Å². The summed E-state index contributed by atoms with van der Waals surface area (Å²) in [4.78, 5) is 20.1. The summed E-state index contributed by atoms with van der Waals surface area (Å²) < 4.78 is 11.0. The van der Waals surface area contributed by atoms with Crippen molar-refractivity contribution < 1.29 is 14.1 Å². The van der Waals surface area contributed by atoms with Crippen LogP contribution in [-0.4, -0.2) is 34.6 Å². The number of nitrogens with zero attached hydrogens (tertiary/aromatic N) is 3. The fourth-order valence-corrected chi connectivity index (χ4v) is 4.42. The molecule has 1 fully saturated rings. The molecule has 0 N–H and O–H groups in total. The van der Waals surface area contributed by atoms with Gasteiger partial charge >= 0.3 is 0 Å². The van der Waals surface area contributed by atoms with E-state index in [0.717, 1.165) is 53.5 Å². The van der Waals surface area contributed by atoms with Crippen molar-refractivity contribution in [3.8, 4) is 17.0 Å². The van der Waals surface area contributed by atoms with Crippen LogP contribution in [0.3, 0.4) is 0 Å². The quantitative estimate of drug-likeness (QED) is 0.421. The van der Waals surface area contributed by atoms with Gasteiger partial charge in [0.1, 0.15) is 17.1 Å². The van der Waals surface area contributed by atoms with Crippen LogP contribution in [0.25, 0.3) is 22.0 Å². The summed E-state index contributed by atoms with van der Waals surface area (Å²) in [6.45, 7) is 0.674. The molecule has 5 rings (SSSR count). The minimum absolute atomic E-state index is 0.0592. The first-order chi connectivity index (χ1) is 15.7. The van der Waals surface area contributed by atoms with Gasteiger partial charge in [-0.3, -0.25) is 9.78 Å². The molecule has 6 nitrogen and oxygen atoms in total. The number of amides is 1. The highest BCUT2D eigenvalue weighted by Gasteiger charge is 2.32. The SMILES string of the molecule is COc1ccc(-c2cc(C3CCCCCN3C(=O)c3nccc4ccccc34)on2)cc1. The number of carbonyl (C=O) groups is 1. The molecule has 1 aliphatic rings. The Labute approximate surface area is 186 Å². The van der Waals surface area contributed by atoms with Crippen molar-refractivity contribution >= 4 is 16.7 Å². The Bertz CT molecular complexity index is 1230. The maximum Gasteiger partial charge on any atom is 0.273 e. The molecule has 2 aromatic carbocycles. The van der Waals surface area contributed by atoms with Crippen LogP contribution in [-0.2, 0) is 0 Å². The van der Waals surface area contributed by atoms with Crippen molar-refractivity contribution in [1.82, 2.24) is 15.0 Å². The lowest BCUT2D eigenvalue weighted by Gasteiger charge is -2.28. The van der Waals surface area contributed by atoms with E-state index in [1.165, 1.54) is 0 Å². The fourth-order valence-electron chi connectivity index (χ4n) is 4.42. The largest absolute Gasteiger partial charge is 0.497 e. The molecule has 4 aromatic rings. The van der Waals surface area contributed by atoms with Gasteiger partial charge in [0.05, 0.1) is 13.2 Å². The van der Waals surface area contributed by atoms with Crippen molar-refractivity contribution in [3.05, 3.63) is 78.3 Å². The number of hydrogen-bond acceptors (Lipinski definition) is 5. The molecule has 0 saturated carbocycles. The van der Waals surface area contributed by atoms with Crippen LogP contribution >= 0.6 is 0 Å². The second kappa shape index (κ2) is 8.83. The third-order valence-corrected chi connectivity index (χ3v) is 6.13. The Kier molecular flexibility index (Phi) is 5.58. The van der Waals surface area contributed by atoms with E-state index in [-0.39, 0.29) is 11.9 Å². The maximum atomic E-state index is 13.7. The summed E-state index contributed by atoms with van der Waals surface area (Å²) in [5, 5.41) is 6.18. The first-order valence-electron chi connectivity index (χ1n) is 11.0. The summed E-state index contributed by atoms with van der Waals surface area (Å²) >= 11 is 0. The molecule has 1 atom stereocenters. The zero-order valence-electron chi connectivity index (χ0n) is 18.0. The lowest BCUT2D eigenvalue weighted by atomic mass is 10.0. The highest BCUT2D eigenvalue weighted by Crippen LogP contribution is 2.34. The zero-order chi connectivity index (χ0) is 21.9. The number of methoxy groups -OCH3 is 1. The number of ether oxygens (including phenoxy) is 1. The van der Waals surface area contributed by atoms with Gasteiger partial charge in [-0.1, -0.05) is 42.3 Å². The lowest BCUT2D eigenvalue weighted by molar-refractivity contribution is 0.0647. The van der Waals surface area contributed by atoms with Crippen LogP contribution in [0.4, 0.5) is 0 Å². The molecule has 0 aliphatic carbocycles. The monoisotopic (exact) mass is 427 g/mol. The number of likely N-dealkylation sites (tertiary alicyclic amines) is 1. The van der Waals surface area contributed by atoms with Crippen LogP contribution < -0.4 is 4.74 Å². The van der Waals surface area contributed by atoms with Gasteiger partial charge in [-0.05, 0) is 48.6 Å². The molecule has 0 bridgehead atoms. The molecule has 162 valence electrons. The molecular formula is C26H25N3O3. The lowest BCUT2D eigenvalue weighted by Crippen LogP contribution is -2.35. The van der Waals surface area contributed by atoms with E-state index in [1.54, 1.807) is 13.3 Å². The number of aromatic nitrogens is 2. The van der Waals surface area contributed by atoms with E-state index in [9.17, 15) is 4.79 Å². The van der Waals surface area contributed by atoms with Gasteiger partial charge in [-0.15, -0.1) is 0 Å². The number of carbonyl (C=O) groups excluding carboxylic acids is 1. The average Bonchev–Trinajstić information content (AvgIpc) is 3.21. The molecule has 1 saturated heterocycles. The first-order valence-corrected chi connectivity index (χ1v) is 11.0. The summed E-state index contributed by atoms with van der Waals surface area (Å²) in [5.74, 6) is 1.45. The fraction of sp³-hybridized carbons (Fsp3) is 0.269.